The van der Waals surface area contributed by atoms with Crippen molar-refractivity contribution in [3.05, 3.63) is 137 Å². The van der Waals surface area contributed by atoms with E-state index in [4.69, 9.17) is 28.0 Å². The lowest BCUT2D eigenvalue weighted by molar-refractivity contribution is -0.141. The van der Waals surface area contributed by atoms with Crippen LogP contribution in [-0.4, -0.2) is 46.2 Å². The Morgan fingerprint density at radius 2 is 1.30 bits per heavy atom. The van der Waals surface area contributed by atoms with E-state index < -0.39 is 23.8 Å². The van der Waals surface area contributed by atoms with E-state index >= 15 is 0 Å². The van der Waals surface area contributed by atoms with Crippen LogP contribution in [0.25, 0.3) is 0 Å². The lowest BCUT2D eigenvalue weighted by Gasteiger charge is -2.38. The van der Waals surface area contributed by atoms with Crippen LogP contribution >= 0.6 is 0 Å². The monoisotopic (exact) mass is 591 g/mol. The van der Waals surface area contributed by atoms with E-state index in [1.165, 1.54) is 17.0 Å². The van der Waals surface area contributed by atoms with Gasteiger partial charge in [0.05, 0.1) is 5.92 Å². The predicted octanol–water partition coefficient (Wildman–Crippen LogP) is 3.35. The highest BCUT2D eigenvalue weighted by Gasteiger charge is 2.39. The molecule has 0 aliphatic rings. The number of nitrogens with two attached hydrogens (primary N) is 3. The minimum absolute atomic E-state index is 0.0328. The number of guanidine groups is 1. The lowest BCUT2D eigenvalue weighted by Crippen LogP contribution is -2.52. The number of nitrogen functional groups attached to an aromatic ring is 1. The summed E-state index contributed by atoms with van der Waals surface area (Å²) in [5.41, 5.74) is 20.8. The second kappa shape index (κ2) is 14.5. The maximum Gasteiger partial charge on any atom is 0.240 e. The Morgan fingerprint density at radius 1 is 0.750 bits per heavy atom. The molecular formula is C34H37N7O3. The summed E-state index contributed by atoms with van der Waals surface area (Å²) in [4.78, 5) is 29.9. The molecule has 0 unspecified atom stereocenters. The molecule has 10 N–H and O–H groups in total. The summed E-state index contributed by atoms with van der Waals surface area (Å²) in [7, 11) is 0. The Morgan fingerprint density at radius 3 is 1.77 bits per heavy atom. The van der Waals surface area contributed by atoms with Crippen LogP contribution in [-0.2, 0) is 16.1 Å². The normalized spacial score (nSPS) is 12.2. The van der Waals surface area contributed by atoms with Crippen LogP contribution in [0.2, 0.25) is 0 Å². The van der Waals surface area contributed by atoms with E-state index in [1.54, 1.807) is 36.4 Å². The van der Waals surface area contributed by atoms with E-state index in [2.05, 4.69) is 5.32 Å². The highest BCUT2D eigenvalue weighted by Crippen LogP contribution is 2.34. The van der Waals surface area contributed by atoms with Crippen molar-refractivity contribution in [1.29, 1.82) is 10.8 Å². The summed E-state index contributed by atoms with van der Waals surface area (Å²) in [6, 6.07) is 30.9. The highest BCUT2D eigenvalue weighted by molar-refractivity contribution is 5.95. The van der Waals surface area contributed by atoms with Crippen molar-refractivity contribution in [3.8, 4) is 5.75 Å². The smallest absolute Gasteiger partial charge is 0.240 e. The first-order valence-electron chi connectivity index (χ1n) is 14.2. The van der Waals surface area contributed by atoms with E-state index in [-0.39, 0.29) is 36.5 Å². The van der Waals surface area contributed by atoms with Crippen LogP contribution in [0.1, 0.15) is 46.1 Å². The molecule has 44 heavy (non-hydrogen) atoms. The molecule has 4 aromatic carbocycles. The third kappa shape index (κ3) is 7.80. The summed E-state index contributed by atoms with van der Waals surface area (Å²) in [5.74, 6) is -2.65. The van der Waals surface area contributed by atoms with E-state index in [0.29, 0.717) is 23.1 Å². The van der Waals surface area contributed by atoms with Crippen molar-refractivity contribution in [2.24, 2.45) is 17.2 Å². The molecule has 0 saturated heterocycles. The maximum absolute atomic E-state index is 14.9. The van der Waals surface area contributed by atoms with Gasteiger partial charge in [-0.05, 0) is 40.8 Å². The Hall–Kier alpha value is -5.64. The zero-order chi connectivity index (χ0) is 31.6. The molecule has 0 fully saturated rings. The number of hydrogen-bond donors (Lipinski definition) is 7. The summed E-state index contributed by atoms with van der Waals surface area (Å²) < 4.78 is 0. The summed E-state index contributed by atoms with van der Waals surface area (Å²) in [6.45, 7) is 0.269. The van der Waals surface area contributed by atoms with Crippen molar-refractivity contribution in [2.45, 2.75) is 30.8 Å². The number of aromatic hydroxyl groups is 1. The first-order chi connectivity index (χ1) is 21.2. The van der Waals surface area contributed by atoms with Crippen LogP contribution in [0.3, 0.4) is 0 Å². The minimum atomic E-state index is -1.12. The number of carbonyl (C=O) groups is 2. The first-order valence-corrected chi connectivity index (χ1v) is 14.2. The number of rotatable bonds is 13. The molecule has 226 valence electrons. The predicted molar refractivity (Wildman–Crippen MR) is 171 cm³/mol. The minimum Gasteiger partial charge on any atom is -0.508 e. The van der Waals surface area contributed by atoms with Crippen molar-refractivity contribution in [2.75, 3.05) is 6.54 Å². The van der Waals surface area contributed by atoms with Gasteiger partial charge in [-0.2, -0.15) is 0 Å². The number of phenols is 1. The number of nitrogens with one attached hydrogen (secondary N) is 3. The molecule has 4 aromatic rings. The first kappa shape index (κ1) is 31.3. The highest BCUT2D eigenvalue weighted by atomic mass is 16.3. The van der Waals surface area contributed by atoms with Gasteiger partial charge in [-0.3, -0.25) is 20.4 Å². The summed E-state index contributed by atoms with van der Waals surface area (Å²) >= 11 is 0. The third-order valence-corrected chi connectivity index (χ3v) is 7.51. The molecule has 4 rings (SSSR count). The molecule has 0 aromatic heterocycles. The standard InChI is InChI=1S/C34H37N7O3/c35-31(36)26-15-13-23(14-16-26)28(19-20-40-34(38)39)30(32(37)43)41(21-22-11-17-27(42)18-12-22)33(44)29(24-7-3-1-4-8-24)25-9-5-2-6-10-25/h1-18,28-30,42H,19-21H2,(H3,35,36)(H2,37,43)(H4,38,39,40)/t28-,30+/m0/s1. The molecule has 10 nitrogen and oxygen atoms in total. The number of nitrogens with zero attached hydrogens (tertiary/aromatic N) is 1. The number of primary amides is 1. The van der Waals surface area contributed by atoms with Crippen LogP contribution < -0.4 is 22.5 Å². The molecule has 10 heteroatoms. The molecule has 0 bridgehead atoms. The third-order valence-electron chi connectivity index (χ3n) is 7.51. The fourth-order valence-corrected chi connectivity index (χ4v) is 5.39. The average molecular weight is 592 g/mol. The summed E-state index contributed by atoms with van der Waals surface area (Å²) in [5, 5.41) is 28.1. The van der Waals surface area contributed by atoms with Gasteiger partial charge in [0.1, 0.15) is 17.6 Å². The average Bonchev–Trinajstić information content (AvgIpc) is 3.02. The van der Waals surface area contributed by atoms with E-state index in [9.17, 15) is 14.7 Å². The second-order valence-electron chi connectivity index (χ2n) is 10.5. The Kier molecular flexibility index (Phi) is 10.3. The van der Waals surface area contributed by atoms with Crippen LogP contribution in [0, 0.1) is 10.8 Å². The molecule has 0 saturated carbocycles. The van der Waals surface area contributed by atoms with Gasteiger partial charge in [0, 0.05) is 24.6 Å². The quantitative estimate of drug-likeness (QED) is 0.0919. The van der Waals surface area contributed by atoms with Crippen LogP contribution in [0.15, 0.2) is 109 Å². The van der Waals surface area contributed by atoms with E-state index in [0.717, 1.165) is 11.1 Å². The number of phenolic OH excluding ortho intramolecular Hbond substituents is 1. The van der Waals surface area contributed by atoms with Gasteiger partial charge in [0.15, 0.2) is 5.96 Å². The summed E-state index contributed by atoms with van der Waals surface area (Å²) in [6.07, 6.45) is 0.299. The molecule has 0 spiro atoms. The fraction of sp³-hybridized carbons (Fsp3) is 0.176. The zero-order valence-corrected chi connectivity index (χ0v) is 24.2. The number of amidine groups is 1. The number of carbonyl (C=O) groups excluding carboxylic acids is 2. The molecular weight excluding hydrogens is 554 g/mol. The fourth-order valence-electron chi connectivity index (χ4n) is 5.39. The second-order valence-corrected chi connectivity index (χ2v) is 10.5. The van der Waals surface area contributed by atoms with Gasteiger partial charge >= 0.3 is 0 Å². The van der Waals surface area contributed by atoms with Gasteiger partial charge < -0.3 is 32.5 Å². The molecule has 0 heterocycles. The van der Waals surface area contributed by atoms with Crippen LogP contribution in [0.4, 0.5) is 0 Å². The van der Waals surface area contributed by atoms with Gasteiger partial charge in [0.2, 0.25) is 11.8 Å². The van der Waals surface area contributed by atoms with Gasteiger partial charge in [0.25, 0.3) is 0 Å². The largest absolute Gasteiger partial charge is 0.508 e. The number of benzene rings is 4. The Labute approximate surface area is 256 Å². The SMILES string of the molecule is N=C(N)NCC[C@@H](c1ccc(C(=N)N)cc1)[C@H](C(N)=O)N(Cc1ccc(O)cc1)C(=O)C(c1ccccc1)c1ccccc1. The topological polar surface area (TPSA) is 195 Å². The zero-order valence-electron chi connectivity index (χ0n) is 24.2. The molecule has 0 aliphatic heterocycles. The van der Waals surface area contributed by atoms with Crippen LogP contribution in [0.5, 0.6) is 5.75 Å². The Bertz CT molecular complexity index is 1540. The van der Waals surface area contributed by atoms with Gasteiger partial charge in [-0.15, -0.1) is 0 Å². The lowest BCUT2D eigenvalue weighted by atomic mass is 9.84. The van der Waals surface area contributed by atoms with Gasteiger partial charge in [-0.1, -0.05) is 97.1 Å². The maximum atomic E-state index is 14.9. The van der Waals surface area contributed by atoms with Crippen molar-refractivity contribution in [1.82, 2.24) is 10.2 Å². The van der Waals surface area contributed by atoms with E-state index in [1.807, 2.05) is 60.7 Å². The van der Waals surface area contributed by atoms with Crippen molar-refractivity contribution >= 4 is 23.6 Å². The van der Waals surface area contributed by atoms with Crippen molar-refractivity contribution in [3.63, 3.8) is 0 Å². The van der Waals surface area contributed by atoms with Crippen molar-refractivity contribution < 1.29 is 14.7 Å². The van der Waals surface area contributed by atoms with Gasteiger partial charge in [-0.25, -0.2) is 0 Å². The Balaban J connectivity index is 1.87. The molecule has 0 radical (unpaired) electrons. The number of hydrogen-bond acceptors (Lipinski definition) is 5. The molecule has 2 amide bonds. The molecule has 0 aliphatic carbocycles. The molecule has 2 atom stereocenters. The number of amides is 2.